The standard InChI is InChI=1S/C8H8FN3/c9-7-2-1-3-8-11-5-6(4-10)12(7)8/h1-3,5H,4,10H2. The number of nitrogens with zero attached hydrogens (tertiary/aromatic N) is 2. The topological polar surface area (TPSA) is 43.3 Å². The number of hydrogen-bond donors (Lipinski definition) is 1. The van der Waals surface area contributed by atoms with Gasteiger partial charge >= 0.3 is 0 Å². The van der Waals surface area contributed by atoms with Crippen molar-refractivity contribution in [3.05, 3.63) is 36.0 Å². The average Bonchev–Trinajstić information content (AvgIpc) is 2.49. The van der Waals surface area contributed by atoms with Crippen LogP contribution in [0.15, 0.2) is 24.4 Å². The Bertz CT molecular complexity index is 408. The normalized spacial score (nSPS) is 10.8. The second-order valence-corrected chi connectivity index (χ2v) is 2.50. The summed E-state index contributed by atoms with van der Waals surface area (Å²) in [7, 11) is 0. The lowest BCUT2D eigenvalue weighted by atomic mass is 10.4. The molecule has 0 aliphatic carbocycles. The molecule has 0 atom stereocenters. The van der Waals surface area contributed by atoms with E-state index in [9.17, 15) is 4.39 Å². The van der Waals surface area contributed by atoms with Gasteiger partial charge in [0.1, 0.15) is 5.65 Å². The zero-order chi connectivity index (χ0) is 8.55. The first-order valence-corrected chi connectivity index (χ1v) is 3.64. The summed E-state index contributed by atoms with van der Waals surface area (Å²) in [5.74, 6) is -0.328. The van der Waals surface area contributed by atoms with Crippen molar-refractivity contribution in [2.75, 3.05) is 0 Å². The van der Waals surface area contributed by atoms with Gasteiger partial charge in [-0.2, -0.15) is 4.39 Å². The van der Waals surface area contributed by atoms with Crippen molar-refractivity contribution >= 4 is 5.65 Å². The van der Waals surface area contributed by atoms with Crippen LogP contribution in [0.4, 0.5) is 4.39 Å². The third kappa shape index (κ3) is 0.887. The number of rotatable bonds is 1. The van der Waals surface area contributed by atoms with Crippen LogP contribution < -0.4 is 5.73 Å². The van der Waals surface area contributed by atoms with Crippen molar-refractivity contribution in [2.24, 2.45) is 5.73 Å². The lowest BCUT2D eigenvalue weighted by Gasteiger charge is -1.98. The summed E-state index contributed by atoms with van der Waals surface area (Å²) in [5.41, 5.74) is 6.68. The highest BCUT2D eigenvalue weighted by Gasteiger charge is 2.04. The molecule has 0 amide bonds. The molecule has 0 unspecified atom stereocenters. The van der Waals surface area contributed by atoms with Crippen LogP contribution in [0.25, 0.3) is 5.65 Å². The molecule has 4 heteroatoms. The largest absolute Gasteiger partial charge is 0.325 e. The van der Waals surface area contributed by atoms with E-state index in [4.69, 9.17) is 5.73 Å². The first-order valence-electron chi connectivity index (χ1n) is 3.64. The number of halogens is 1. The van der Waals surface area contributed by atoms with E-state index in [1.165, 1.54) is 10.5 Å². The molecule has 0 bridgehead atoms. The summed E-state index contributed by atoms with van der Waals surface area (Å²) in [6.45, 7) is 0.294. The molecule has 2 aromatic heterocycles. The highest BCUT2D eigenvalue weighted by atomic mass is 19.1. The molecule has 62 valence electrons. The van der Waals surface area contributed by atoms with Crippen molar-refractivity contribution in [3.63, 3.8) is 0 Å². The summed E-state index contributed by atoms with van der Waals surface area (Å²) < 4.78 is 14.5. The van der Waals surface area contributed by atoms with Gasteiger partial charge < -0.3 is 5.73 Å². The Hall–Kier alpha value is -1.42. The monoisotopic (exact) mass is 165 g/mol. The minimum Gasteiger partial charge on any atom is -0.325 e. The summed E-state index contributed by atoms with van der Waals surface area (Å²) in [6, 6.07) is 4.74. The fourth-order valence-corrected chi connectivity index (χ4v) is 1.20. The molecule has 0 saturated carbocycles. The highest BCUT2D eigenvalue weighted by Crippen LogP contribution is 2.08. The molecule has 0 radical (unpaired) electrons. The van der Waals surface area contributed by atoms with E-state index < -0.39 is 0 Å². The predicted molar refractivity (Wildman–Crippen MR) is 43.0 cm³/mol. The number of hydrogen-bond acceptors (Lipinski definition) is 2. The van der Waals surface area contributed by atoms with Crippen LogP contribution >= 0.6 is 0 Å². The van der Waals surface area contributed by atoms with E-state index >= 15 is 0 Å². The molecular formula is C8H8FN3. The molecule has 2 rings (SSSR count). The molecule has 2 N–H and O–H groups in total. The second-order valence-electron chi connectivity index (χ2n) is 2.50. The number of nitrogens with two attached hydrogens (primary N) is 1. The van der Waals surface area contributed by atoms with E-state index in [-0.39, 0.29) is 5.95 Å². The fourth-order valence-electron chi connectivity index (χ4n) is 1.20. The molecule has 2 aromatic rings. The number of aromatic nitrogens is 2. The zero-order valence-electron chi connectivity index (χ0n) is 6.37. The van der Waals surface area contributed by atoms with Crippen LogP contribution in [0, 0.1) is 5.95 Å². The van der Waals surface area contributed by atoms with Gasteiger partial charge in [0, 0.05) is 6.54 Å². The number of fused-ring (bicyclic) bond motifs is 1. The van der Waals surface area contributed by atoms with Crippen LogP contribution in [0.1, 0.15) is 5.69 Å². The number of pyridine rings is 1. The summed E-state index contributed by atoms with van der Waals surface area (Å²) in [4.78, 5) is 3.99. The Morgan fingerprint density at radius 1 is 1.50 bits per heavy atom. The highest BCUT2D eigenvalue weighted by molar-refractivity contribution is 5.40. The SMILES string of the molecule is NCc1cnc2cccc(F)n12. The van der Waals surface area contributed by atoms with E-state index in [0.717, 1.165) is 0 Å². The molecule has 3 nitrogen and oxygen atoms in total. The third-order valence-corrected chi connectivity index (χ3v) is 1.76. The maximum Gasteiger partial charge on any atom is 0.199 e. The minimum absolute atomic E-state index is 0.294. The molecule has 0 aliphatic heterocycles. The molecule has 0 spiro atoms. The van der Waals surface area contributed by atoms with Crippen LogP contribution in [-0.4, -0.2) is 9.38 Å². The molecular weight excluding hydrogens is 157 g/mol. The van der Waals surface area contributed by atoms with Crippen molar-refractivity contribution in [2.45, 2.75) is 6.54 Å². The van der Waals surface area contributed by atoms with Crippen molar-refractivity contribution in [1.82, 2.24) is 9.38 Å². The second kappa shape index (κ2) is 2.57. The Balaban J connectivity index is 2.83. The van der Waals surface area contributed by atoms with E-state index in [1.807, 2.05) is 0 Å². The summed E-state index contributed by atoms with van der Waals surface area (Å²) in [6.07, 6.45) is 1.58. The van der Waals surface area contributed by atoms with Gasteiger partial charge in [-0.15, -0.1) is 0 Å². The quantitative estimate of drug-likeness (QED) is 0.639. The Morgan fingerprint density at radius 3 is 3.08 bits per heavy atom. The van der Waals surface area contributed by atoms with Crippen LogP contribution in [-0.2, 0) is 6.54 Å². The third-order valence-electron chi connectivity index (χ3n) is 1.76. The first kappa shape index (κ1) is 7.24. The Kier molecular flexibility index (Phi) is 1.55. The Morgan fingerprint density at radius 2 is 2.33 bits per heavy atom. The first-order chi connectivity index (χ1) is 5.83. The molecule has 2 heterocycles. The van der Waals surface area contributed by atoms with Gasteiger partial charge in [0.15, 0.2) is 5.95 Å². The van der Waals surface area contributed by atoms with Crippen LogP contribution in [0.3, 0.4) is 0 Å². The smallest absolute Gasteiger partial charge is 0.199 e. The predicted octanol–water partition coefficient (Wildman–Crippen LogP) is 0.932. The van der Waals surface area contributed by atoms with Crippen molar-refractivity contribution in [3.8, 4) is 0 Å². The maximum atomic E-state index is 13.1. The number of imidazole rings is 1. The molecule has 0 saturated heterocycles. The van der Waals surface area contributed by atoms with Gasteiger partial charge in [-0.3, -0.25) is 4.40 Å². The van der Waals surface area contributed by atoms with Gasteiger partial charge in [-0.05, 0) is 12.1 Å². The summed E-state index contributed by atoms with van der Waals surface area (Å²) in [5, 5.41) is 0. The molecule has 12 heavy (non-hydrogen) atoms. The van der Waals surface area contributed by atoms with Gasteiger partial charge in [0.25, 0.3) is 0 Å². The van der Waals surface area contributed by atoms with E-state index in [1.54, 1.807) is 18.3 Å². The summed E-state index contributed by atoms with van der Waals surface area (Å²) >= 11 is 0. The lowest BCUT2D eigenvalue weighted by Crippen LogP contribution is -2.03. The minimum atomic E-state index is -0.328. The van der Waals surface area contributed by atoms with Gasteiger partial charge in [0.05, 0.1) is 11.9 Å². The maximum absolute atomic E-state index is 13.1. The molecule has 0 fully saturated rings. The van der Waals surface area contributed by atoms with Gasteiger partial charge in [-0.25, -0.2) is 4.98 Å². The fraction of sp³-hybridized carbons (Fsp3) is 0.125. The molecule has 0 aromatic carbocycles. The Labute approximate surface area is 68.6 Å². The van der Waals surface area contributed by atoms with Gasteiger partial charge in [0.2, 0.25) is 0 Å². The average molecular weight is 165 g/mol. The van der Waals surface area contributed by atoms with Crippen molar-refractivity contribution < 1.29 is 4.39 Å². The van der Waals surface area contributed by atoms with E-state index in [2.05, 4.69) is 4.98 Å². The zero-order valence-corrected chi connectivity index (χ0v) is 6.37. The lowest BCUT2D eigenvalue weighted by molar-refractivity contribution is 0.560. The van der Waals surface area contributed by atoms with Crippen LogP contribution in [0.5, 0.6) is 0 Å². The van der Waals surface area contributed by atoms with Crippen molar-refractivity contribution in [1.29, 1.82) is 0 Å². The van der Waals surface area contributed by atoms with Gasteiger partial charge in [-0.1, -0.05) is 6.07 Å². The molecule has 0 aliphatic rings. The van der Waals surface area contributed by atoms with E-state index in [0.29, 0.717) is 17.9 Å². The van der Waals surface area contributed by atoms with Crippen LogP contribution in [0.2, 0.25) is 0 Å².